The highest BCUT2D eigenvalue weighted by atomic mass is 16.1. The summed E-state index contributed by atoms with van der Waals surface area (Å²) < 4.78 is 0. The number of nitrogens with two attached hydrogens (primary N) is 1. The number of aromatic nitrogens is 1. The van der Waals surface area contributed by atoms with Gasteiger partial charge >= 0.3 is 0 Å². The Morgan fingerprint density at radius 2 is 2.04 bits per heavy atom. The van der Waals surface area contributed by atoms with Crippen LogP contribution in [0.4, 0.5) is 0 Å². The number of hydrogen-bond donors (Lipinski definition) is 3. The molecule has 4 rings (SSSR count). The molecule has 0 bridgehead atoms. The first-order valence-corrected chi connectivity index (χ1v) is 8.44. The highest BCUT2D eigenvalue weighted by Crippen LogP contribution is 2.28. The maximum absolute atomic E-state index is 11.4. The second-order valence-corrected chi connectivity index (χ2v) is 6.52. The van der Waals surface area contributed by atoms with Crippen LogP contribution in [0.1, 0.15) is 28.8 Å². The van der Waals surface area contributed by atoms with Gasteiger partial charge in [-0.15, -0.1) is 0 Å². The van der Waals surface area contributed by atoms with Crippen molar-refractivity contribution < 1.29 is 4.79 Å². The van der Waals surface area contributed by atoms with Gasteiger partial charge in [-0.2, -0.15) is 0 Å². The molecule has 4 N–H and O–H groups in total. The maximum atomic E-state index is 11.4. The van der Waals surface area contributed by atoms with E-state index in [-0.39, 0.29) is 0 Å². The minimum absolute atomic E-state index is 0.396. The lowest BCUT2D eigenvalue weighted by Crippen LogP contribution is -2.23. The van der Waals surface area contributed by atoms with Crippen molar-refractivity contribution in [1.29, 1.82) is 0 Å². The molecule has 2 heterocycles. The van der Waals surface area contributed by atoms with Crippen LogP contribution >= 0.6 is 0 Å². The molecule has 122 valence electrons. The van der Waals surface area contributed by atoms with E-state index in [1.54, 1.807) is 6.07 Å². The Bertz CT molecular complexity index is 891. The van der Waals surface area contributed by atoms with E-state index >= 15 is 0 Å². The standard InChI is InChI=1S/C20H21N3O/c21-20(24)15-4-1-3-13(9-15)14-6-7-19-18(11-14)16(12-23-19)10-17-5-2-8-22-17/h1,3-4,6-7,9,11-12,17,22-23H,2,5,8,10H2,(H2,21,24). The largest absolute Gasteiger partial charge is 0.366 e. The summed E-state index contributed by atoms with van der Waals surface area (Å²) in [5, 5.41) is 4.82. The minimum Gasteiger partial charge on any atom is -0.366 e. The van der Waals surface area contributed by atoms with Crippen LogP contribution in [-0.4, -0.2) is 23.5 Å². The zero-order valence-corrected chi connectivity index (χ0v) is 13.5. The van der Waals surface area contributed by atoms with Crippen LogP contribution in [0, 0.1) is 0 Å². The highest BCUT2D eigenvalue weighted by Gasteiger charge is 2.16. The molecular formula is C20H21N3O. The van der Waals surface area contributed by atoms with E-state index in [4.69, 9.17) is 5.73 Å². The SMILES string of the molecule is NC(=O)c1cccc(-c2ccc3[nH]cc(CC4CCCN4)c3c2)c1. The van der Waals surface area contributed by atoms with Gasteiger partial charge in [0.15, 0.2) is 0 Å². The molecular weight excluding hydrogens is 298 g/mol. The molecule has 1 aliphatic rings. The molecule has 3 aromatic rings. The molecule has 1 aliphatic heterocycles. The first-order valence-electron chi connectivity index (χ1n) is 8.44. The molecule has 0 aliphatic carbocycles. The average Bonchev–Trinajstić information content (AvgIpc) is 3.25. The number of H-pyrrole nitrogens is 1. The van der Waals surface area contributed by atoms with Crippen molar-refractivity contribution in [2.45, 2.75) is 25.3 Å². The van der Waals surface area contributed by atoms with Crippen LogP contribution in [0.3, 0.4) is 0 Å². The summed E-state index contributed by atoms with van der Waals surface area (Å²) in [7, 11) is 0. The van der Waals surface area contributed by atoms with E-state index in [0.717, 1.165) is 29.6 Å². The van der Waals surface area contributed by atoms with Gasteiger partial charge < -0.3 is 16.0 Å². The number of rotatable bonds is 4. The fraction of sp³-hybridized carbons (Fsp3) is 0.250. The quantitative estimate of drug-likeness (QED) is 0.691. The average molecular weight is 319 g/mol. The van der Waals surface area contributed by atoms with Crippen LogP contribution in [0.5, 0.6) is 0 Å². The third-order valence-corrected chi connectivity index (χ3v) is 4.88. The van der Waals surface area contributed by atoms with Crippen molar-refractivity contribution in [2.75, 3.05) is 6.54 Å². The number of benzene rings is 2. The Kier molecular flexibility index (Phi) is 3.82. The minimum atomic E-state index is -0.396. The number of amides is 1. The Morgan fingerprint density at radius 3 is 2.83 bits per heavy atom. The van der Waals surface area contributed by atoms with E-state index < -0.39 is 5.91 Å². The Hall–Kier alpha value is -2.59. The number of nitrogens with one attached hydrogen (secondary N) is 2. The van der Waals surface area contributed by atoms with Gasteiger partial charge in [-0.3, -0.25) is 4.79 Å². The zero-order chi connectivity index (χ0) is 16.5. The van der Waals surface area contributed by atoms with Crippen molar-refractivity contribution in [3.63, 3.8) is 0 Å². The molecule has 24 heavy (non-hydrogen) atoms. The van der Waals surface area contributed by atoms with Crippen molar-refractivity contribution in [1.82, 2.24) is 10.3 Å². The van der Waals surface area contributed by atoms with Gasteiger partial charge in [0.2, 0.25) is 5.91 Å². The van der Waals surface area contributed by atoms with Crippen LogP contribution in [0.2, 0.25) is 0 Å². The molecule has 1 saturated heterocycles. The van der Waals surface area contributed by atoms with Gasteiger partial charge in [0.05, 0.1) is 0 Å². The molecule has 4 heteroatoms. The highest BCUT2D eigenvalue weighted by molar-refractivity contribution is 5.95. The number of primary amides is 1. The van der Waals surface area contributed by atoms with Gasteiger partial charge in [-0.25, -0.2) is 0 Å². The summed E-state index contributed by atoms with van der Waals surface area (Å²) in [5.41, 5.74) is 10.5. The summed E-state index contributed by atoms with van der Waals surface area (Å²) in [6, 6.07) is 14.5. The molecule has 1 aromatic heterocycles. The summed E-state index contributed by atoms with van der Waals surface area (Å²) in [6.07, 6.45) is 5.67. The number of fused-ring (bicyclic) bond motifs is 1. The number of aromatic amines is 1. The summed E-state index contributed by atoms with van der Waals surface area (Å²) in [6.45, 7) is 1.12. The monoisotopic (exact) mass is 319 g/mol. The molecule has 1 amide bonds. The molecule has 0 saturated carbocycles. The lowest BCUT2D eigenvalue weighted by Gasteiger charge is -2.09. The smallest absolute Gasteiger partial charge is 0.248 e. The number of hydrogen-bond acceptors (Lipinski definition) is 2. The Balaban J connectivity index is 1.71. The third-order valence-electron chi connectivity index (χ3n) is 4.88. The van der Waals surface area contributed by atoms with Crippen molar-refractivity contribution in [3.8, 4) is 11.1 Å². The number of carbonyl (C=O) groups is 1. The lowest BCUT2D eigenvalue weighted by molar-refractivity contribution is 0.100. The molecule has 1 unspecified atom stereocenters. The Labute approximate surface area is 141 Å². The molecule has 2 aromatic carbocycles. The van der Waals surface area contributed by atoms with Crippen LogP contribution < -0.4 is 11.1 Å². The van der Waals surface area contributed by atoms with E-state index in [0.29, 0.717) is 11.6 Å². The first-order chi connectivity index (χ1) is 11.7. The van der Waals surface area contributed by atoms with Crippen LogP contribution in [0.25, 0.3) is 22.0 Å². The van der Waals surface area contributed by atoms with Crippen molar-refractivity contribution >= 4 is 16.8 Å². The first kappa shape index (κ1) is 15.0. The topological polar surface area (TPSA) is 70.9 Å². The van der Waals surface area contributed by atoms with E-state index in [2.05, 4.69) is 34.7 Å². The van der Waals surface area contributed by atoms with E-state index in [1.165, 1.54) is 23.8 Å². The molecule has 0 spiro atoms. The summed E-state index contributed by atoms with van der Waals surface area (Å²) in [5.74, 6) is -0.396. The molecule has 1 fully saturated rings. The van der Waals surface area contributed by atoms with Crippen LogP contribution in [0.15, 0.2) is 48.7 Å². The lowest BCUT2D eigenvalue weighted by atomic mass is 9.98. The maximum Gasteiger partial charge on any atom is 0.248 e. The fourth-order valence-electron chi connectivity index (χ4n) is 3.58. The predicted octanol–water partition coefficient (Wildman–Crippen LogP) is 3.23. The Morgan fingerprint density at radius 1 is 1.17 bits per heavy atom. The zero-order valence-electron chi connectivity index (χ0n) is 13.5. The summed E-state index contributed by atoms with van der Waals surface area (Å²) >= 11 is 0. The normalized spacial score (nSPS) is 17.4. The van der Waals surface area contributed by atoms with Crippen molar-refractivity contribution in [2.24, 2.45) is 5.73 Å². The van der Waals surface area contributed by atoms with E-state index in [9.17, 15) is 4.79 Å². The predicted molar refractivity (Wildman–Crippen MR) is 97.0 cm³/mol. The van der Waals surface area contributed by atoms with Gasteiger partial charge in [-0.1, -0.05) is 18.2 Å². The second-order valence-electron chi connectivity index (χ2n) is 6.52. The van der Waals surface area contributed by atoms with Gasteiger partial charge in [0.1, 0.15) is 0 Å². The molecule has 4 nitrogen and oxygen atoms in total. The van der Waals surface area contributed by atoms with Gasteiger partial charge in [-0.05, 0) is 66.8 Å². The van der Waals surface area contributed by atoms with E-state index in [1.807, 2.05) is 18.2 Å². The third kappa shape index (κ3) is 2.81. The second kappa shape index (κ2) is 6.13. The fourth-order valence-corrected chi connectivity index (χ4v) is 3.58. The summed E-state index contributed by atoms with van der Waals surface area (Å²) in [4.78, 5) is 14.8. The molecule has 1 atom stereocenters. The van der Waals surface area contributed by atoms with Crippen LogP contribution in [-0.2, 0) is 6.42 Å². The van der Waals surface area contributed by atoms with Gasteiger partial charge in [0, 0.05) is 28.7 Å². The molecule has 0 radical (unpaired) electrons. The number of carbonyl (C=O) groups excluding carboxylic acids is 1. The van der Waals surface area contributed by atoms with Gasteiger partial charge in [0.25, 0.3) is 0 Å². The van der Waals surface area contributed by atoms with Crippen molar-refractivity contribution in [3.05, 3.63) is 59.8 Å².